The first-order chi connectivity index (χ1) is 13.2. The smallest absolute Gasteiger partial charge is 0.357 e. The molecular formula is C19H24F3N5O. The molecule has 1 aliphatic heterocycles. The number of carbonyl (C=O) groups is 1. The molecule has 152 valence electrons. The van der Waals surface area contributed by atoms with Crippen molar-refractivity contribution in [3.8, 4) is 0 Å². The molecule has 0 aromatic carbocycles. The van der Waals surface area contributed by atoms with Gasteiger partial charge in [0.05, 0.1) is 17.8 Å². The van der Waals surface area contributed by atoms with E-state index in [-0.39, 0.29) is 11.8 Å². The van der Waals surface area contributed by atoms with Crippen LogP contribution in [0.3, 0.4) is 0 Å². The van der Waals surface area contributed by atoms with Crippen LogP contribution in [0.2, 0.25) is 0 Å². The summed E-state index contributed by atoms with van der Waals surface area (Å²) in [6.07, 6.45) is -2.24. The van der Waals surface area contributed by atoms with Gasteiger partial charge in [0.25, 0.3) is 0 Å². The Morgan fingerprint density at radius 2 is 1.96 bits per heavy atom. The van der Waals surface area contributed by atoms with Crippen LogP contribution in [0.15, 0.2) is 24.4 Å². The molecule has 1 amide bonds. The highest BCUT2D eigenvalue weighted by Gasteiger charge is 2.31. The number of carbonyl (C=O) groups excluding carboxylic acids is 1. The summed E-state index contributed by atoms with van der Waals surface area (Å²) in [6.45, 7) is 6.23. The van der Waals surface area contributed by atoms with Gasteiger partial charge in [0.2, 0.25) is 5.91 Å². The zero-order chi connectivity index (χ0) is 20.3. The third kappa shape index (κ3) is 4.82. The highest BCUT2D eigenvalue weighted by Crippen LogP contribution is 2.30. The molecule has 1 aliphatic rings. The largest absolute Gasteiger partial charge is 0.417 e. The molecule has 0 spiro atoms. The van der Waals surface area contributed by atoms with Gasteiger partial charge in [0.15, 0.2) is 0 Å². The van der Waals surface area contributed by atoms with Gasteiger partial charge in [0.1, 0.15) is 5.82 Å². The minimum Gasteiger partial charge on any atom is -0.357 e. The fraction of sp³-hybridized carbons (Fsp3) is 0.526. The van der Waals surface area contributed by atoms with Crippen LogP contribution in [-0.4, -0.2) is 40.3 Å². The lowest BCUT2D eigenvalue weighted by Gasteiger charge is -2.32. The van der Waals surface area contributed by atoms with E-state index >= 15 is 0 Å². The first kappa shape index (κ1) is 20.2. The summed E-state index contributed by atoms with van der Waals surface area (Å²) in [5.74, 6) is 0.434. The third-order valence-corrected chi connectivity index (χ3v) is 4.99. The van der Waals surface area contributed by atoms with Crippen LogP contribution < -0.4 is 10.2 Å². The van der Waals surface area contributed by atoms with Crippen molar-refractivity contribution < 1.29 is 18.0 Å². The summed E-state index contributed by atoms with van der Waals surface area (Å²) in [6, 6.07) is 4.42. The van der Waals surface area contributed by atoms with E-state index in [1.54, 1.807) is 0 Å². The molecule has 3 rings (SSSR count). The van der Waals surface area contributed by atoms with Gasteiger partial charge >= 0.3 is 6.18 Å². The lowest BCUT2D eigenvalue weighted by Crippen LogP contribution is -2.41. The van der Waals surface area contributed by atoms with E-state index in [0.29, 0.717) is 44.8 Å². The fourth-order valence-corrected chi connectivity index (χ4v) is 3.44. The molecule has 6 nitrogen and oxygen atoms in total. The Bertz CT molecular complexity index is 808. The Balaban J connectivity index is 1.45. The topological polar surface area (TPSA) is 63.1 Å². The Hall–Kier alpha value is -2.58. The number of nitrogens with zero attached hydrogens (tertiary/aromatic N) is 4. The molecule has 1 N–H and O–H groups in total. The number of anilines is 1. The van der Waals surface area contributed by atoms with E-state index < -0.39 is 11.7 Å². The molecule has 3 heterocycles. The summed E-state index contributed by atoms with van der Waals surface area (Å²) >= 11 is 0. The van der Waals surface area contributed by atoms with Crippen molar-refractivity contribution in [2.24, 2.45) is 5.92 Å². The number of hydrogen-bond donors (Lipinski definition) is 1. The van der Waals surface area contributed by atoms with Gasteiger partial charge in [-0.1, -0.05) is 0 Å². The molecule has 0 radical (unpaired) electrons. The molecule has 28 heavy (non-hydrogen) atoms. The zero-order valence-electron chi connectivity index (χ0n) is 16.0. The lowest BCUT2D eigenvalue weighted by molar-refractivity contribution is -0.137. The lowest BCUT2D eigenvalue weighted by atomic mass is 9.96. The number of piperidine rings is 1. The van der Waals surface area contributed by atoms with Crippen LogP contribution in [0.1, 0.15) is 29.8 Å². The molecule has 9 heteroatoms. The molecule has 0 bridgehead atoms. The maximum absolute atomic E-state index is 12.6. The number of pyridine rings is 1. The van der Waals surface area contributed by atoms with Crippen LogP contribution in [-0.2, 0) is 17.5 Å². The second-order valence-corrected chi connectivity index (χ2v) is 7.11. The van der Waals surface area contributed by atoms with Crippen LogP contribution in [0.25, 0.3) is 0 Å². The summed E-state index contributed by atoms with van der Waals surface area (Å²) in [5.41, 5.74) is 1.25. The normalized spacial score (nSPS) is 15.7. The average Bonchev–Trinajstić information content (AvgIpc) is 2.98. The molecule has 1 fully saturated rings. The van der Waals surface area contributed by atoms with E-state index in [0.717, 1.165) is 23.7 Å². The van der Waals surface area contributed by atoms with Crippen molar-refractivity contribution >= 4 is 11.7 Å². The number of nitrogens with one attached hydrogen (secondary N) is 1. The van der Waals surface area contributed by atoms with E-state index in [1.807, 2.05) is 29.5 Å². The van der Waals surface area contributed by atoms with Gasteiger partial charge in [-0.05, 0) is 44.9 Å². The number of amides is 1. The predicted molar refractivity (Wildman–Crippen MR) is 98.9 cm³/mol. The van der Waals surface area contributed by atoms with Crippen molar-refractivity contribution in [1.82, 2.24) is 20.1 Å². The number of halogens is 3. The Kier molecular flexibility index (Phi) is 5.90. The number of rotatable bonds is 5. The summed E-state index contributed by atoms with van der Waals surface area (Å²) < 4.78 is 39.8. The van der Waals surface area contributed by atoms with E-state index in [9.17, 15) is 18.0 Å². The summed E-state index contributed by atoms with van der Waals surface area (Å²) in [7, 11) is 0. The molecule has 2 aromatic heterocycles. The van der Waals surface area contributed by atoms with Crippen molar-refractivity contribution in [2.75, 3.05) is 24.5 Å². The molecule has 0 aliphatic carbocycles. The van der Waals surface area contributed by atoms with Crippen LogP contribution in [0.4, 0.5) is 19.0 Å². The van der Waals surface area contributed by atoms with E-state index in [2.05, 4.69) is 15.4 Å². The highest BCUT2D eigenvalue weighted by atomic mass is 19.4. The van der Waals surface area contributed by atoms with Crippen molar-refractivity contribution in [1.29, 1.82) is 0 Å². The van der Waals surface area contributed by atoms with Crippen molar-refractivity contribution in [2.45, 2.75) is 39.4 Å². The number of hydrogen-bond acceptors (Lipinski definition) is 4. The molecule has 0 saturated carbocycles. The number of aryl methyl sites for hydroxylation is 2. The second-order valence-electron chi connectivity index (χ2n) is 7.11. The SMILES string of the molecule is Cc1cc(C)n(CCNC(=O)C2CCN(c3ccc(C(F)(F)F)cn3)CC2)n1. The third-order valence-electron chi connectivity index (χ3n) is 4.99. The van der Waals surface area contributed by atoms with Gasteiger partial charge in [-0.25, -0.2) is 4.98 Å². The Morgan fingerprint density at radius 3 is 2.50 bits per heavy atom. The van der Waals surface area contributed by atoms with Gasteiger partial charge < -0.3 is 10.2 Å². The van der Waals surface area contributed by atoms with Gasteiger partial charge in [-0.3, -0.25) is 9.48 Å². The number of alkyl halides is 3. The molecule has 0 unspecified atom stereocenters. The van der Waals surface area contributed by atoms with Gasteiger partial charge in [-0.2, -0.15) is 18.3 Å². The van der Waals surface area contributed by atoms with Crippen molar-refractivity contribution in [3.05, 3.63) is 41.3 Å². The Labute approximate surface area is 161 Å². The number of aromatic nitrogens is 3. The fourth-order valence-electron chi connectivity index (χ4n) is 3.44. The quantitative estimate of drug-likeness (QED) is 0.846. The second kappa shape index (κ2) is 8.20. The molecule has 1 saturated heterocycles. The molecule has 0 atom stereocenters. The summed E-state index contributed by atoms with van der Waals surface area (Å²) in [4.78, 5) is 18.2. The van der Waals surface area contributed by atoms with Gasteiger partial charge in [-0.15, -0.1) is 0 Å². The van der Waals surface area contributed by atoms with E-state index in [1.165, 1.54) is 6.07 Å². The monoisotopic (exact) mass is 395 g/mol. The standard InChI is InChI=1S/C19H24F3N5O/c1-13-11-14(2)27(25-13)10-7-23-18(28)15-5-8-26(9-6-15)17-4-3-16(12-24-17)19(20,21)22/h3-4,11-12,15H,5-10H2,1-2H3,(H,23,28). The average molecular weight is 395 g/mol. The van der Waals surface area contributed by atoms with Crippen LogP contribution in [0, 0.1) is 19.8 Å². The van der Waals surface area contributed by atoms with E-state index in [4.69, 9.17) is 0 Å². The van der Waals surface area contributed by atoms with Crippen LogP contribution >= 0.6 is 0 Å². The maximum Gasteiger partial charge on any atom is 0.417 e. The molecular weight excluding hydrogens is 371 g/mol. The zero-order valence-corrected chi connectivity index (χ0v) is 16.0. The first-order valence-corrected chi connectivity index (χ1v) is 9.31. The predicted octanol–water partition coefficient (Wildman–Crippen LogP) is 2.95. The Morgan fingerprint density at radius 1 is 1.25 bits per heavy atom. The minimum atomic E-state index is -4.38. The van der Waals surface area contributed by atoms with Crippen LogP contribution in [0.5, 0.6) is 0 Å². The highest BCUT2D eigenvalue weighted by molar-refractivity contribution is 5.78. The van der Waals surface area contributed by atoms with Crippen molar-refractivity contribution in [3.63, 3.8) is 0 Å². The molecule has 2 aromatic rings. The minimum absolute atomic E-state index is 0.0153. The summed E-state index contributed by atoms with van der Waals surface area (Å²) in [5, 5.41) is 7.32. The van der Waals surface area contributed by atoms with Gasteiger partial charge in [0, 0.05) is 37.4 Å². The maximum atomic E-state index is 12.6. The first-order valence-electron chi connectivity index (χ1n) is 9.31.